The average molecular weight is 509 g/mol. The van der Waals surface area contributed by atoms with Gasteiger partial charge in [0.05, 0.1) is 0 Å². The van der Waals surface area contributed by atoms with Crippen LogP contribution in [0, 0.1) is 0 Å². The fraction of sp³-hybridized carbons (Fsp3) is 0.304. The minimum Gasteiger partial charge on any atom is -0.508 e. The van der Waals surface area contributed by atoms with E-state index in [1.807, 2.05) is 0 Å². The number of carbonyl (C=O) groups excluding carboxylic acids is 1. The molecule has 13 nitrogen and oxygen atoms in total. The first-order valence-electron chi connectivity index (χ1n) is 10.5. The highest BCUT2D eigenvalue weighted by molar-refractivity contribution is 5.77. The smallest absolute Gasteiger partial charge is 0.320 e. The number of carboxylic acid groups (broad SMARTS) is 3. The van der Waals surface area contributed by atoms with Crippen LogP contribution in [-0.4, -0.2) is 67.5 Å². The molecule has 0 radical (unpaired) electrons. The van der Waals surface area contributed by atoms with E-state index in [1.54, 1.807) is 24.3 Å². The summed E-state index contributed by atoms with van der Waals surface area (Å²) in [5.41, 5.74) is 22.1. The molecule has 1 amide bonds. The molecule has 0 aromatic heterocycles. The molecule has 13 heteroatoms. The third-order valence-electron chi connectivity index (χ3n) is 4.44. The third kappa shape index (κ3) is 14.8. The summed E-state index contributed by atoms with van der Waals surface area (Å²) in [6, 6.07) is 9.87. The monoisotopic (exact) mass is 508 g/mol. The van der Waals surface area contributed by atoms with Crippen LogP contribution in [0.3, 0.4) is 0 Å². The summed E-state index contributed by atoms with van der Waals surface area (Å²) in [6.07, 6.45) is 0.670. The Morgan fingerprint density at radius 3 is 1.17 bits per heavy atom. The maximum atomic E-state index is 10.4. The molecular weight excluding hydrogens is 476 g/mol. The first-order chi connectivity index (χ1) is 16.7. The summed E-state index contributed by atoms with van der Waals surface area (Å²) in [7, 11) is 0. The molecule has 36 heavy (non-hydrogen) atoms. The summed E-state index contributed by atoms with van der Waals surface area (Å²) >= 11 is 0. The predicted molar refractivity (Wildman–Crippen MR) is 129 cm³/mol. The van der Waals surface area contributed by atoms with E-state index in [4.69, 9.17) is 48.5 Å². The highest BCUT2D eigenvalue weighted by atomic mass is 16.4. The van der Waals surface area contributed by atoms with Crippen molar-refractivity contribution in [2.24, 2.45) is 22.9 Å². The molecule has 0 spiro atoms. The van der Waals surface area contributed by atoms with Crippen molar-refractivity contribution in [3.05, 3.63) is 59.7 Å². The lowest BCUT2D eigenvalue weighted by atomic mass is 10.1. The van der Waals surface area contributed by atoms with Crippen molar-refractivity contribution in [2.45, 2.75) is 43.8 Å². The Bertz CT molecular complexity index is 919. The number of aromatic hydroxyl groups is 2. The standard InChI is InChI=1S/2C9H11NO3.C5H10N2O3/c2*10-8(9(12)13)5-6-1-3-7(11)4-2-6;6-3(5(9)10)1-2-4(7)8/h2*1-4,8,11H,5,10H2,(H,12,13);3H,1-2,6H2,(H2,7,8)(H,9,10)/t2*8-;3-/m000/s1. The summed E-state index contributed by atoms with van der Waals surface area (Å²) < 4.78 is 0. The molecule has 0 saturated carbocycles. The number of phenols is 2. The largest absolute Gasteiger partial charge is 0.508 e. The van der Waals surface area contributed by atoms with Crippen molar-refractivity contribution in [3.8, 4) is 11.5 Å². The molecule has 13 N–H and O–H groups in total. The van der Waals surface area contributed by atoms with Gasteiger partial charge in [-0.15, -0.1) is 0 Å². The van der Waals surface area contributed by atoms with Crippen LogP contribution in [0.15, 0.2) is 48.5 Å². The highest BCUT2D eigenvalue weighted by Crippen LogP contribution is 2.11. The van der Waals surface area contributed by atoms with Gasteiger partial charge in [-0.05, 0) is 54.7 Å². The van der Waals surface area contributed by atoms with E-state index in [9.17, 15) is 19.2 Å². The molecule has 0 aliphatic heterocycles. The molecule has 0 saturated heterocycles. The number of benzene rings is 2. The van der Waals surface area contributed by atoms with Gasteiger partial charge in [0.15, 0.2) is 0 Å². The average Bonchev–Trinajstić information content (AvgIpc) is 2.81. The lowest BCUT2D eigenvalue weighted by Gasteiger charge is -2.05. The van der Waals surface area contributed by atoms with Crippen LogP contribution in [0.1, 0.15) is 24.0 Å². The zero-order chi connectivity index (χ0) is 27.8. The van der Waals surface area contributed by atoms with E-state index in [0.29, 0.717) is 0 Å². The van der Waals surface area contributed by atoms with Gasteiger partial charge in [-0.25, -0.2) is 0 Å². The Morgan fingerprint density at radius 1 is 0.611 bits per heavy atom. The van der Waals surface area contributed by atoms with E-state index < -0.39 is 41.9 Å². The number of phenolic OH excluding ortho intramolecular Hbond substituents is 2. The van der Waals surface area contributed by atoms with Crippen LogP contribution in [0.25, 0.3) is 0 Å². The predicted octanol–water partition coefficient (Wildman–Crippen LogP) is -0.643. The maximum Gasteiger partial charge on any atom is 0.320 e. The zero-order valence-corrected chi connectivity index (χ0v) is 19.4. The molecule has 0 aliphatic carbocycles. The minimum absolute atomic E-state index is 0.0213. The van der Waals surface area contributed by atoms with E-state index >= 15 is 0 Å². The fourth-order valence-corrected chi connectivity index (χ4v) is 2.37. The van der Waals surface area contributed by atoms with Gasteiger partial charge in [0.1, 0.15) is 29.6 Å². The zero-order valence-electron chi connectivity index (χ0n) is 19.4. The van der Waals surface area contributed by atoms with Crippen LogP contribution < -0.4 is 22.9 Å². The number of aliphatic carboxylic acids is 3. The number of hydrogen-bond donors (Lipinski definition) is 9. The van der Waals surface area contributed by atoms with E-state index in [2.05, 4.69) is 0 Å². The van der Waals surface area contributed by atoms with Gasteiger partial charge >= 0.3 is 17.9 Å². The number of carboxylic acids is 3. The molecule has 0 fully saturated rings. The number of carbonyl (C=O) groups is 4. The SMILES string of the molecule is NC(=O)CC[C@H](N)C(=O)O.N[C@@H](Cc1ccc(O)cc1)C(=O)O.N[C@@H](Cc1ccc(O)cc1)C(=O)O. The van der Waals surface area contributed by atoms with Gasteiger partial charge in [-0.2, -0.15) is 0 Å². The second kappa shape index (κ2) is 16.4. The van der Waals surface area contributed by atoms with Crippen LogP contribution in [-0.2, 0) is 32.0 Å². The number of nitrogens with two attached hydrogens (primary N) is 4. The molecule has 0 bridgehead atoms. The van der Waals surface area contributed by atoms with Gasteiger partial charge in [0, 0.05) is 6.42 Å². The molecular formula is C23H32N4O9. The molecule has 0 heterocycles. The van der Waals surface area contributed by atoms with Crippen molar-refractivity contribution in [1.82, 2.24) is 0 Å². The van der Waals surface area contributed by atoms with Gasteiger partial charge in [0.2, 0.25) is 5.91 Å². The molecule has 2 aromatic rings. The van der Waals surface area contributed by atoms with Crippen LogP contribution in [0.4, 0.5) is 0 Å². The quantitative estimate of drug-likeness (QED) is 0.194. The van der Waals surface area contributed by atoms with Crippen LogP contribution >= 0.6 is 0 Å². The molecule has 3 atom stereocenters. The second-order valence-corrected chi connectivity index (χ2v) is 7.58. The van der Waals surface area contributed by atoms with Crippen molar-refractivity contribution < 1.29 is 44.7 Å². The number of hydrogen-bond acceptors (Lipinski definition) is 9. The van der Waals surface area contributed by atoms with Crippen molar-refractivity contribution in [3.63, 3.8) is 0 Å². The Balaban J connectivity index is 0.000000517. The van der Waals surface area contributed by atoms with Gasteiger partial charge < -0.3 is 48.5 Å². The first-order valence-corrected chi connectivity index (χ1v) is 10.5. The molecule has 0 unspecified atom stereocenters. The number of amides is 1. The second-order valence-electron chi connectivity index (χ2n) is 7.58. The Labute approximate surface area is 206 Å². The van der Waals surface area contributed by atoms with Crippen molar-refractivity contribution in [2.75, 3.05) is 0 Å². The Hall–Kier alpha value is -4.20. The van der Waals surface area contributed by atoms with Crippen molar-refractivity contribution >= 4 is 23.8 Å². The Morgan fingerprint density at radius 2 is 0.917 bits per heavy atom. The van der Waals surface area contributed by atoms with Gasteiger partial charge in [-0.1, -0.05) is 24.3 Å². The molecule has 2 rings (SSSR count). The van der Waals surface area contributed by atoms with Gasteiger partial charge in [0.25, 0.3) is 0 Å². The Kier molecular flexibility index (Phi) is 14.5. The summed E-state index contributed by atoms with van der Waals surface area (Å²) in [6.45, 7) is 0. The highest BCUT2D eigenvalue weighted by Gasteiger charge is 2.13. The third-order valence-corrected chi connectivity index (χ3v) is 4.44. The number of primary amides is 1. The van der Waals surface area contributed by atoms with Crippen LogP contribution in [0.5, 0.6) is 11.5 Å². The molecule has 198 valence electrons. The van der Waals surface area contributed by atoms with Gasteiger partial charge in [-0.3, -0.25) is 19.2 Å². The summed E-state index contributed by atoms with van der Waals surface area (Å²) in [4.78, 5) is 40.9. The molecule has 2 aromatic carbocycles. The fourth-order valence-electron chi connectivity index (χ4n) is 2.37. The molecule has 0 aliphatic rings. The normalized spacial score (nSPS) is 12.4. The minimum atomic E-state index is -1.11. The maximum absolute atomic E-state index is 10.4. The van der Waals surface area contributed by atoms with E-state index in [0.717, 1.165) is 11.1 Å². The first kappa shape index (κ1) is 31.8. The summed E-state index contributed by atoms with van der Waals surface area (Å²) in [5.74, 6) is -3.36. The van der Waals surface area contributed by atoms with Crippen molar-refractivity contribution in [1.29, 1.82) is 0 Å². The lowest BCUT2D eigenvalue weighted by molar-refractivity contribution is -0.139. The summed E-state index contributed by atoms with van der Waals surface area (Å²) in [5, 5.41) is 43.2. The van der Waals surface area contributed by atoms with E-state index in [-0.39, 0.29) is 37.2 Å². The number of rotatable bonds is 10. The van der Waals surface area contributed by atoms with E-state index in [1.165, 1.54) is 24.3 Å². The van der Waals surface area contributed by atoms with Crippen LogP contribution in [0.2, 0.25) is 0 Å². The topological polar surface area (TPSA) is 274 Å². The lowest BCUT2D eigenvalue weighted by Crippen LogP contribution is -2.32.